The van der Waals surface area contributed by atoms with E-state index in [1.807, 2.05) is 13.8 Å². The van der Waals surface area contributed by atoms with Crippen LogP contribution in [0.15, 0.2) is 0 Å². The molecule has 0 aromatic rings. The molecule has 0 atom stereocenters. The van der Waals surface area contributed by atoms with Crippen molar-refractivity contribution in [1.82, 2.24) is 10.6 Å². The molecule has 0 heterocycles. The van der Waals surface area contributed by atoms with Crippen LogP contribution in [-0.4, -0.2) is 28.7 Å². The monoisotopic (exact) mass is 284 g/mol. The summed E-state index contributed by atoms with van der Waals surface area (Å²) >= 11 is 0. The van der Waals surface area contributed by atoms with Gasteiger partial charge < -0.3 is 15.7 Å². The van der Waals surface area contributed by atoms with E-state index in [0.717, 1.165) is 18.8 Å². The van der Waals surface area contributed by atoms with Gasteiger partial charge in [-0.15, -0.1) is 0 Å². The van der Waals surface area contributed by atoms with Crippen LogP contribution in [0.2, 0.25) is 0 Å². The van der Waals surface area contributed by atoms with Crippen LogP contribution in [0.25, 0.3) is 0 Å². The van der Waals surface area contributed by atoms with Gasteiger partial charge in [0.25, 0.3) is 0 Å². The van der Waals surface area contributed by atoms with E-state index in [-0.39, 0.29) is 18.5 Å². The molecule has 0 saturated heterocycles. The lowest BCUT2D eigenvalue weighted by atomic mass is 9.84. The van der Waals surface area contributed by atoms with E-state index in [2.05, 4.69) is 17.6 Å². The molecular formula is C15H28N2O3. The first-order chi connectivity index (χ1) is 9.32. The number of hydrogen-bond donors (Lipinski definition) is 3. The Morgan fingerprint density at radius 1 is 1.20 bits per heavy atom. The minimum absolute atomic E-state index is 0.0644. The first-order valence-electron chi connectivity index (χ1n) is 7.63. The first kappa shape index (κ1) is 16.8. The molecule has 2 amide bonds. The van der Waals surface area contributed by atoms with Crippen molar-refractivity contribution >= 4 is 12.0 Å². The van der Waals surface area contributed by atoms with Crippen molar-refractivity contribution < 1.29 is 14.7 Å². The molecule has 5 heteroatoms. The maximum absolute atomic E-state index is 12.0. The number of carboxylic acids is 1. The Labute approximate surface area is 121 Å². The maximum Gasteiger partial charge on any atom is 0.315 e. The minimum atomic E-state index is -0.835. The lowest BCUT2D eigenvalue weighted by Crippen LogP contribution is -2.51. The van der Waals surface area contributed by atoms with Crippen LogP contribution < -0.4 is 10.6 Å². The third-order valence-electron chi connectivity index (χ3n) is 4.18. The lowest BCUT2D eigenvalue weighted by Gasteiger charge is -2.31. The highest BCUT2D eigenvalue weighted by atomic mass is 16.4. The Kier molecular flexibility index (Phi) is 6.30. The number of carbonyl (C=O) groups excluding carboxylic acids is 1. The summed E-state index contributed by atoms with van der Waals surface area (Å²) in [5.41, 5.74) is -0.497. The first-order valence-corrected chi connectivity index (χ1v) is 7.63. The van der Waals surface area contributed by atoms with Gasteiger partial charge in [-0.3, -0.25) is 4.79 Å². The zero-order valence-electron chi connectivity index (χ0n) is 12.9. The fraction of sp³-hybridized carbons (Fsp3) is 0.867. The highest BCUT2D eigenvalue weighted by Crippen LogP contribution is 2.26. The fourth-order valence-electron chi connectivity index (χ4n) is 2.73. The van der Waals surface area contributed by atoms with Gasteiger partial charge in [-0.1, -0.05) is 13.3 Å². The van der Waals surface area contributed by atoms with Gasteiger partial charge in [0.1, 0.15) is 0 Å². The van der Waals surface area contributed by atoms with E-state index in [4.69, 9.17) is 5.11 Å². The van der Waals surface area contributed by atoms with Crippen LogP contribution in [0, 0.1) is 5.92 Å². The summed E-state index contributed by atoms with van der Waals surface area (Å²) < 4.78 is 0. The SMILES string of the molecule is CCC1CCC(NC(=O)NC(C)(C)CCC(=O)O)CC1. The molecule has 0 spiro atoms. The van der Waals surface area contributed by atoms with Crippen molar-refractivity contribution in [2.75, 3.05) is 0 Å². The number of carbonyl (C=O) groups is 2. The summed E-state index contributed by atoms with van der Waals surface area (Å²) in [6.45, 7) is 5.92. The van der Waals surface area contributed by atoms with Crippen molar-refractivity contribution in [3.8, 4) is 0 Å². The smallest absolute Gasteiger partial charge is 0.315 e. The third kappa shape index (κ3) is 6.26. The second kappa shape index (κ2) is 7.50. The normalized spacial score (nSPS) is 23.1. The summed E-state index contributed by atoms with van der Waals surface area (Å²) in [7, 11) is 0. The van der Waals surface area contributed by atoms with Gasteiger partial charge in [0.2, 0.25) is 0 Å². The topological polar surface area (TPSA) is 78.4 Å². The van der Waals surface area contributed by atoms with E-state index in [0.29, 0.717) is 6.42 Å². The number of urea groups is 1. The minimum Gasteiger partial charge on any atom is -0.481 e. The lowest BCUT2D eigenvalue weighted by molar-refractivity contribution is -0.137. The fourth-order valence-corrected chi connectivity index (χ4v) is 2.73. The molecule has 0 aliphatic heterocycles. The van der Waals surface area contributed by atoms with Crippen molar-refractivity contribution in [2.24, 2.45) is 5.92 Å². The summed E-state index contributed by atoms with van der Waals surface area (Å²) in [4.78, 5) is 22.5. The van der Waals surface area contributed by atoms with Gasteiger partial charge in [0.15, 0.2) is 0 Å². The van der Waals surface area contributed by atoms with E-state index in [1.54, 1.807) is 0 Å². The Morgan fingerprint density at radius 3 is 2.30 bits per heavy atom. The molecule has 1 aliphatic carbocycles. The maximum atomic E-state index is 12.0. The highest BCUT2D eigenvalue weighted by molar-refractivity contribution is 5.75. The van der Waals surface area contributed by atoms with Crippen molar-refractivity contribution in [3.05, 3.63) is 0 Å². The largest absolute Gasteiger partial charge is 0.481 e. The summed E-state index contributed by atoms with van der Waals surface area (Å²) in [6.07, 6.45) is 6.17. The Morgan fingerprint density at radius 2 is 1.80 bits per heavy atom. The molecule has 1 saturated carbocycles. The van der Waals surface area contributed by atoms with Gasteiger partial charge in [-0.05, 0) is 51.9 Å². The second-order valence-corrected chi connectivity index (χ2v) is 6.50. The van der Waals surface area contributed by atoms with Gasteiger partial charge >= 0.3 is 12.0 Å². The predicted molar refractivity (Wildman–Crippen MR) is 78.7 cm³/mol. The van der Waals surface area contributed by atoms with Crippen molar-refractivity contribution in [1.29, 1.82) is 0 Å². The van der Waals surface area contributed by atoms with Crippen LogP contribution >= 0.6 is 0 Å². The molecule has 1 rings (SSSR count). The number of carboxylic acid groups (broad SMARTS) is 1. The zero-order chi connectivity index (χ0) is 15.2. The molecule has 1 fully saturated rings. The van der Waals surface area contributed by atoms with Gasteiger partial charge in [0.05, 0.1) is 0 Å². The van der Waals surface area contributed by atoms with Gasteiger partial charge in [0, 0.05) is 18.0 Å². The number of hydrogen-bond acceptors (Lipinski definition) is 2. The number of amides is 2. The molecule has 116 valence electrons. The molecule has 3 N–H and O–H groups in total. The molecule has 20 heavy (non-hydrogen) atoms. The van der Waals surface area contributed by atoms with Crippen LogP contribution in [0.4, 0.5) is 4.79 Å². The molecule has 0 unspecified atom stereocenters. The van der Waals surface area contributed by atoms with Crippen LogP contribution in [-0.2, 0) is 4.79 Å². The highest BCUT2D eigenvalue weighted by Gasteiger charge is 2.25. The van der Waals surface area contributed by atoms with Crippen molar-refractivity contribution in [3.63, 3.8) is 0 Å². The summed E-state index contributed by atoms with van der Waals surface area (Å²) in [5, 5.41) is 14.6. The van der Waals surface area contributed by atoms with E-state index in [9.17, 15) is 9.59 Å². The number of aliphatic carboxylic acids is 1. The van der Waals surface area contributed by atoms with Crippen LogP contribution in [0.3, 0.4) is 0 Å². The summed E-state index contributed by atoms with van der Waals surface area (Å²) in [6, 6.07) is 0.0772. The van der Waals surface area contributed by atoms with Crippen LogP contribution in [0.1, 0.15) is 65.7 Å². The van der Waals surface area contributed by atoms with Gasteiger partial charge in [-0.25, -0.2) is 4.79 Å². The third-order valence-corrected chi connectivity index (χ3v) is 4.18. The standard InChI is InChI=1S/C15H28N2O3/c1-4-11-5-7-12(8-6-11)16-14(20)17-15(2,3)10-9-13(18)19/h11-12H,4-10H2,1-3H3,(H,18,19)(H2,16,17,20). The number of nitrogens with one attached hydrogen (secondary N) is 2. The Balaban J connectivity index is 2.30. The molecule has 0 bridgehead atoms. The van der Waals surface area contributed by atoms with E-state index < -0.39 is 11.5 Å². The molecule has 0 aromatic carbocycles. The molecular weight excluding hydrogens is 256 g/mol. The second-order valence-electron chi connectivity index (χ2n) is 6.50. The molecule has 1 aliphatic rings. The average molecular weight is 284 g/mol. The molecule has 0 aromatic heterocycles. The predicted octanol–water partition coefficient (Wildman–Crippen LogP) is 2.90. The van der Waals surface area contributed by atoms with Gasteiger partial charge in [-0.2, -0.15) is 0 Å². The van der Waals surface area contributed by atoms with Crippen molar-refractivity contribution in [2.45, 2.75) is 77.3 Å². The summed E-state index contributed by atoms with van der Waals surface area (Å²) in [5.74, 6) is -0.0266. The zero-order valence-corrected chi connectivity index (χ0v) is 12.9. The quantitative estimate of drug-likeness (QED) is 0.701. The average Bonchev–Trinajstić information content (AvgIpc) is 2.37. The molecule has 0 radical (unpaired) electrons. The Hall–Kier alpha value is -1.26. The van der Waals surface area contributed by atoms with Crippen LogP contribution in [0.5, 0.6) is 0 Å². The van der Waals surface area contributed by atoms with E-state index >= 15 is 0 Å². The van der Waals surface area contributed by atoms with E-state index in [1.165, 1.54) is 19.3 Å². The number of rotatable bonds is 6. The molecule has 5 nitrogen and oxygen atoms in total. The Bertz CT molecular complexity index is 334.